The first kappa shape index (κ1) is 26.3. The summed E-state index contributed by atoms with van der Waals surface area (Å²) in [4.78, 5) is 53.6. The fourth-order valence-corrected chi connectivity index (χ4v) is 3.66. The Morgan fingerprint density at radius 2 is 1.58 bits per heavy atom. The molecule has 0 radical (unpaired) electrons. The molecule has 0 fully saturated rings. The molecular formula is C28H30N4O4. The molecule has 0 aliphatic heterocycles. The zero-order valence-corrected chi connectivity index (χ0v) is 20.4. The largest absolute Gasteiger partial charge is 0.349 e. The topological polar surface area (TPSA) is 117 Å². The monoisotopic (exact) mass is 486 g/mol. The number of hydrogen-bond acceptors (Lipinski definition) is 5. The zero-order valence-electron chi connectivity index (χ0n) is 20.4. The summed E-state index contributed by atoms with van der Waals surface area (Å²) in [5.74, 6) is -1.46. The highest BCUT2D eigenvalue weighted by atomic mass is 16.2. The summed E-state index contributed by atoms with van der Waals surface area (Å²) in [6.45, 7) is 2.67. The Morgan fingerprint density at radius 3 is 2.28 bits per heavy atom. The van der Waals surface area contributed by atoms with Crippen molar-refractivity contribution in [1.82, 2.24) is 20.9 Å². The number of hydrogen-bond donors (Lipinski definition) is 3. The van der Waals surface area contributed by atoms with E-state index >= 15 is 0 Å². The molecule has 0 spiro atoms. The van der Waals surface area contributed by atoms with Gasteiger partial charge in [0, 0.05) is 25.1 Å². The van der Waals surface area contributed by atoms with Crippen LogP contribution in [0.5, 0.6) is 0 Å². The molecule has 0 saturated heterocycles. The van der Waals surface area contributed by atoms with E-state index in [1.165, 1.54) is 6.92 Å². The fraction of sp³-hybridized carbons (Fsp3) is 0.250. The summed E-state index contributed by atoms with van der Waals surface area (Å²) >= 11 is 0. The number of amides is 3. The lowest BCUT2D eigenvalue weighted by molar-refractivity contribution is -0.131. The molecule has 8 heteroatoms. The van der Waals surface area contributed by atoms with Crippen LogP contribution >= 0.6 is 0 Å². The van der Waals surface area contributed by atoms with E-state index < -0.39 is 18.0 Å². The minimum Gasteiger partial charge on any atom is -0.349 e. The molecule has 2 aromatic carbocycles. The van der Waals surface area contributed by atoms with Crippen LogP contribution in [0.25, 0.3) is 11.3 Å². The van der Waals surface area contributed by atoms with Crippen molar-refractivity contribution in [2.45, 2.75) is 38.8 Å². The third kappa shape index (κ3) is 8.16. The van der Waals surface area contributed by atoms with Gasteiger partial charge < -0.3 is 16.0 Å². The maximum Gasteiger partial charge on any atom is 0.243 e. The van der Waals surface area contributed by atoms with Gasteiger partial charge in [-0.25, -0.2) is 0 Å². The van der Waals surface area contributed by atoms with Crippen molar-refractivity contribution in [3.05, 3.63) is 90.1 Å². The van der Waals surface area contributed by atoms with Crippen LogP contribution < -0.4 is 16.0 Å². The van der Waals surface area contributed by atoms with E-state index in [9.17, 15) is 19.2 Å². The van der Waals surface area contributed by atoms with Gasteiger partial charge in [-0.1, -0.05) is 54.6 Å². The first-order valence-corrected chi connectivity index (χ1v) is 11.7. The van der Waals surface area contributed by atoms with Gasteiger partial charge in [-0.2, -0.15) is 0 Å². The van der Waals surface area contributed by atoms with Gasteiger partial charge in [-0.3, -0.25) is 24.2 Å². The zero-order chi connectivity index (χ0) is 25.9. The Morgan fingerprint density at radius 1 is 0.861 bits per heavy atom. The highest BCUT2D eigenvalue weighted by Gasteiger charge is 2.24. The average molecular weight is 487 g/mol. The van der Waals surface area contributed by atoms with E-state index in [1.54, 1.807) is 13.1 Å². The summed E-state index contributed by atoms with van der Waals surface area (Å²) in [6.07, 6.45) is 2.11. The minimum atomic E-state index is -0.836. The Bertz CT molecular complexity index is 1200. The Kier molecular flexibility index (Phi) is 9.45. The molecule has 2 atom stereocenters. The van der Waals surface area contributed by atoms with Crippen molar-refractivity contribution >= 4 is 23.5 Å². The Hall–Kier alpha value is -4.33. The molecule has 0 saturated carbocycles. The number of carbonyl (C=O) groups is 4. The van der Waals surface area contributed by atoms with Gasteiger partial charge in [0.15, 0.2) is 5.78 Å². The molecule has 36 heavy (non-hydrogen) atoms. The van der Waals surface area contributed by atoms with Crippen LogP contribution in [-0.2, 0) is 32.0 Å². The lowest BCUT2D eigenvalue weighted by Crippen LogP contribution is -2.52. The summed E-state index contributed by atoms with van der Waals surface area (Å²) in [7, 11) is 0. The number of rotatable bonds is 11. The van der Waals surface area contributed by atoms with E-state index in [4.69, 9.17) is 0 Å². The molecule has 186 valence electrons. The number of ketones is 1. The minimum absolute atomic E-state index is 0.108. The summed E-state index contributed by atoms with van der Waals surface area (Å²) in [5.41, 5.74) is 3.38. The second kappa shape index (κ2) is 12.9. The average Bonchev–Trinajstić information content (AvgIpc) is 2.88. The number of benzene rings is 2. The number of nitrogens with zero attached hydrogens (tertiary/aromatic N) is 1. The van der Waals surface area contributed by atoms with Crippen molar-refractivity contribution in [1.29, 1.82) is 0 Å². The molecule has 1 heterocycles. The number of nitrogens with one attached hydrogen (secondary N) is 3. The molecule has 0 aliphatic carbocycles. The molecule has 3 amide bonds. The maximum atomic E-state index is 12.8. The first-order chi connectivity index (χ1) is 17.3. The van der Waals surface area contributed by atoms with Gasteiger partial charge in [-0.05, 0) is 36.2 Å². The molecule has 0 bridgehead atoms. The summed E-state index contributed by atoms with van der Waals surface area (Å²) < 4.78 is 0. The van der Waals surface area contributed by atoms with Gasteiger partial charge in [-0.15, -0.1) is 0 Å². The van der Waals surface area contributed by atoms with Crippen LogP contribution in [0.4, 0.5) is 0 Å². The van der Waals surface area contributed by atoms with E-state index in [1.807, 2.05) is 72.8 Å². The molecule has 0 aliphatic rings. The van der Waals surface area contributed by atoms with Crippen LogP contribution in [0.1, 0.15) is 25.0 Å². The number of aromatic nitrogens is 1. The lowest BCUT2D eigenvalue weighted by atomic mass is 10.0. The van der Waals surface area contributed by atoms with Gasteiger partial charge in [0.2, 0.25) is 17.7 Å². The van der Waals surface area contributed by atoms with Crippen LogP contribution in [0.15, 0.2) is 79.0 Å². The molecule has 3 N–H and O–H groups in total. The third-order valence-electron chi connectivity index (χ3n) is 5.53. The second-order valence-corrected chi connectivity index (χ2v) is 8.51. The Labute approximate surface area is 210 Å². The smallest absolute Gasteiger partial charge is 0.243 e. The predicted molar refractivity (Wildman–Crippen MR) is 137 cm³/mol. The number of pyridine rings is 1. The van der Waals surface area contributed by atoms with E-state index in [2.05, 4.69) is 20.9 Å². The molecule has 8 nitrogen and oxygen atoms in total. The van der Waals surface area contributed by atoms with Crippen molar-refractivity contribution < 1.29 is 19.2 Å². The van der Waals surface area contributed by atoms with Crippen molar-refractivity contribution in [2.75, 3.05) is 6.54 Å². The lowest BCUT2D eigenvalue weighted by Gasteiger charge is -2.20. The molecule has 1 aromatic heterocycles. The number of Topliss-reactive ketones (excluding diaryl/α,β-unsaturated/α-hetero) is 1. The van der Waals surface area contributed by atoms with Crippen LogP contribution in [0, 0.1) is 0 Å². The second-order valence-electron chi connectivity index (χ2n) is 8.51. The molecular weight excluding hydrogens is 456 g/mol. The van der Waals surface area contributed by atoms with Gasteiger partial charge in [0.05, 0.1) is 24.7 Å². The Balaban J connectivity index is 1.50. The fourth-order valence-electron chi connectivity index (χ4n) is 3.66. The van der Waals surface area contributed by atoms with Crippen molar-refractivity contribution in [3.63, 3.8) is 0 Å². The third-order valence-corrected chi connectivity index (χ3v) is 5.53. The number of carbonyl (C=O) groups excluding carboxylic acids is 4. The molecule has 1 unspecified atom stereocenters. The van der Waals surface area contributed by atoms with Gasteiger partial charge >= 0.3 is 0 Å². The first-order valence-electron chi connectivity index (χ1n) is 11.7. The molecule has 3 rings (SSSR count). The van der Waals surface area contributed by atoms with Crippen LogP contribution in [0.3, 0.4) is 0 Å². The van der Waals surface area contributed by atoms with E-state index in [-0.39, 0.29) is 30.6 Å². The maximum absolute atomic E-state index is 12.8. The van der Waals surface area contributed by atoms with Crippen molar-refractivity contribution in [2.24, 2.45) is 0 Å². The van der Waals surface area contributed by atoms with Gasteiger partial charge in [0.25, 0.3) is 0 Å². The van der Waals surface area contributed by atoms with Gasteiger partial charge in [0.1, 0.15) is 6.04 Å². The van der Waals surface area contributed by atoms with E-state index in [0.29, 0.717) is 6.42 Å². The summed E-state index contributed by atoms with van der Waals surface area (Å²) in [6, 6.07) is 20.8. The van der Waals surface area contributed by atoms with E-state index in [0.717, 1.165) is 22.4 Å². The standard InChI is InChI=1S/C28H30N4O4/c1-19(31-28(36)25(32-20(2)33)16-21-9-4-3-5-10-21)26(34)18-30-27(35)17-22-11-8-12-23(15-22)24-13-6-7-14-29-24/h3-15,19,25H,16-18H2,1-2H3,(H,30,35)(H,31,36)(H,32,33)/t19?,25-/m0/s1. The predicted octanol–water partition coefficient (Wildman–Crippen LogP) is 2.23. The van der Waals surface area contributed by atoms with Crippen LogP contribution in [-0.4, -0.2) is 47.1 Å². The molecule has 3 aromatic rings. The van der Waals surface area contributed by atoms with Crippen LogP contribution in [0.2, 0.25) is 0 Å². The van der Waals surface area contributed by atoms with Crippen molar-refractivity contribution in [3.8, 4) is 11.3 Å². The highest BCUT2D eigenvalue weighted by molar-refractivity contribution is 5.94. The SMILES string of the molecule is CC(=O)N[C@@H](Cc1ccccc1)C(=O)NC(C)C(=O)CNC(=O)Cc1cccc(-c2ccccn2)c1. The highest BCUT2D eigenvalue weighted by Crippen LogP contribution is 2.18. The summed E-state index contributed by atoms with van der Waals surface area (Å²) in [5, 5.41) is 7.89. The quantitative estimate of drug-likeness (QED) is 0.384. The normalized spacial score (nSPS) is 12.2.